The molecule has 5 heteroatoms. The normalized spacial score (nSPS) is 21.5. The van der Waals surface area contributed by atoms with Gasteiger partial charge in [-0.05, 0) is 18.7 Å². The van der Waals surface area contributed by atoms with Crippen LogP contribution < -0.4 is 10.6 Å². The number of nitrogens with zero attached hydrogens (tertiary/aromatic N) is 3. The molecule has 1 aromatic rings. The highest BCUT2D eigenvalue weighted by atomic mass is 16.1. The Morgan fingerprint density at radius 3 is 2.61 bits per heavy atom. The average molecular weight is 246 g/mol. The van der Waals surface area contributed by atoms with Gasteiger partial charge in [0, 0.05) is 31.6 Å². The van der Waals surface area contributed by atoms with Gasteiger partial charge in [0.15, 0.2) is 0 Å². The minimum atomic E-state index is -0.473. The van der Waals surface area contributed by atoms with Gasteiger partial charge >= 0.3 is 0 Å². The van der Waals surface area contributed by atoms with Gasteiger partial charge < -0.3 is 15.5 Å². The second kappa shape index (κ2) is 3.95. The van der Waals surface area contributed by atoms with Crippen LogP contribution in [0.3, 0.4) is 0 Å². The van der Waals surface area contributed by atoms with Crippen LogP contribution in [-0.4, -0.2) is 48.5 Å². The fourth-order valence-corrected chi connectivity index (χ4v) is 2.99. The van der Waals surface area contributed by atoms with Crippen molar-refractivity contribution in [3.63, 3.8) is 0 Å². The number of primary amides is 1. The Morgan fingerprint density at radius 1 is 1.39 bits per heavy atom. The van der Waals surface area contributed by atoms with Crippen molar-refractivity contribution < 1.29 is 4.79 Å². The number of likely N-dealkylation sites (tertiary alicyclic amines) is 1. The van der Waals surface area contributed by atoms with E-state index in [1.54, 1.807) is 12.3 Å². The molecule has 3 heterocycles. The molecule has 5 nitrogen and oxygen atoms in total. The zero-order valence-corrected chi connectivity index (χ0v) is 10.6. The highest BCUT2D eigenvalue weighted by molar-refractivity contribution is 5.90. The molecule has 1 amide bonds. The predicted octanol–water partition coefficient (Wildman–Crippen LogP) is 0.322. The fourth-order valence-electron chi connectivity index (χ4n) is 2.99. The molecule has 2 fully saturated rings. The third-order valence-corrected chi connectivity index (χ3v) is 3.98. The maximum absolute atomic E-state index is 10.9. The molecular weight excluding hydrogens is 228 g/mol. The number of pyridine rings is 1. The van der Waals surface area contributed by atoms with Crippen LogP contribution in [-0.2, 0) is 0 Å². The van der Waals surface area contributed by atoms with Gasteiger partial charge in [-0.25, -0.2) is 4.98 Å². The maximum Gasteiger partial charge on any atom is 0.267 e. The molecular formula is C13H18N4O. The molecule has 0 aliphatic carbocycles. The van der Waals surface area contributed by atoms with Crippen LogP contribution in [0, 0.1) is 5.41 Å². The highest BCUT2D eigenvalue weighted by Gasteiger charge is 2.51. The summed E-state index contributed by atoms with van der Waals surface area (Å²) in [6, 6.07) is 3.62. The Hall–Kier alpha value is -1.62. The second-order valence-electron chi connectivity index (χ2n) is 5.43. The summed E-state index contributed by atoms with van der Waals surface area (Å²) in [6.45, 7) is 7.98. The molecule has 0 atom stereocenters. The van der Waals surface area contributed by atoms with Gasteiger partial charge in [-0.3, -0.25) is 4.79 Å². The molecule has 2 aliphatic heterocycles. The Labute approximate surface area is 107 Å². The zero-order chi connectivity index (χ0) is 12.8. The van der Waals surface area contributed by atoms with Gasteiger partial charge in [-0.2, -0.15) is 0 Å². The average Bonchev–Trinajstić information content (AvgIpc) is 2.26. The number of rotatable bonds is 3. The van der Waals surface area contributed by atoms with E-state index in [0.29, 0.717) is 11.1 Å². The van der Waals surface area contributed by atoms with Crippen molar-refractivity contribution in [3.05, 3.63) is 24.0 Å². The molecule has 3 rings (SSSR count). The molecule has 0 radical (unpaired) electrons. The van der Waals surface area contributed by atoms with Gasteiger partial charge in [-0.1, -0.05) is 6.92 Å². The lowest BCUT2D eigenvalue weighted by molar-refractivity contribution is -0.0178. The quantitative estimate of drug-likeness (QED) is 0.834. The van der Waals surface area contributed by atoms with Crippen molar-refractivity contribution >= 4 is 11.6 Å². The number of aromatic nitrogens is 1. The molecule has 0 unspecified atom stereocenters. The summed E-state index contributed by atoms with van der Waals surface area (Å²) in [5.41, 5.74) is 7.09. The first-order valence-corrected chi connectivity index (χ1v) is 6.35. The molecule has 0 bridgehead atoms. The number of hydrogen-bond donors (Lipinski definition) is 1. The maximum atomic E-state index is 10.9. The first kappa shape index (κ1) is 11.5. The van der Waals surface area contributed by atoms with Crippen LogP contribution in [0.25, 0.3) is 0 Å². The Bertz CT molecular complexity index is 456. The zero-order valence-electron chi connectivity index (χ0n) is 10.6. The summed E-state index contributed by atoms with van der Waals surface area (Å²) in [5, 5.41) is 0. The van der Waals surface area contributed by atoms with Crippen molar-refractivity contribution in [3.8, 4) is 0 Å². The summed E-state index contributed by atoms with van der Waals surface area (Å²) >= 11 is 0. The molecule has 0 saturated carbocycles. The van der Waals surface area contributed by atoms with Crippen LogP contribution >= 0.6 is 0 Å². The van der Waals surface area contributed by atoms with Crippen molar-refractivity contribution in [1.29, 1.82) is 0 Å². The predicted molar refractivity (Wildman–Crippen MR) is 69.5 cm³/mol. The SMILES string of the molecule is CCN1CC2(C1)CN(c1ccc(C(N)=O)nc1)C2. The molecule has 2 aliphatic rings. The van der Waals surface area contributed by atoms with E-state index in [1.165, 1.54) is 13.1 Å². The lowest BCUT2D eigenvalue weighted by Gasteiger charge is -2.61. The molecule has 2 saturated heterocycles. The third-order valence-electron chi connectivity index (χ3n) is 3.98. The largest absolute Gasteiger partial charge is 0.369 e. The number of nitrogens with two attached hydrogens (primary N) is 1. The minimum Gasteiger partial charge on any atom is -0.369 e. The minimum absolute atomic E-state index is 0.329. The highest BCUT2D eigenvalue weighted by Crippen LogP contribution is 2.41. The van der Waals surface area contributed by atoms with Crippen molar-refractivity contribution in [1.82, 2.24) is 9.88 Å². The van der Waals surface area contributed by atoms with E-state index in [9.17, 15) is 4.79 Å². The van der Waals surface area contributed by atoms with Gasteiger partial charge in [-0.15, -0.1) is 0 Å². The van der Waals surface area contributed by atoms with E-state index >= 15 is 0 Å². The summed E-state index contributed by atoms with van der Waals surface area (Å²) < 4.78 is 0. The summed E-state index contributed by atoms with van der Waals surface area (Å²) in [4.78, 5) is 19.8. The number of hydrogen-bond acceptors (Lipinski definition) is 4. The standard InChI is InChI=1S/C13H18N4O/c1-2-16-6-13(7-16)8-17(9-13)10-3-4-11(12(14)18)15-5-10/h3-5H,2,6-9H2,1H3,(H2,14,18). The van der Waals surface area contributed by atoms with Crippen LogP contribution in [0.1, 0.15) is 17.4 Å². The lowest BCUT2D eigenvalue weighted by atomic mass is 9.72. The Balaban J connectivity index is 1.60. The second-order valence-corrected chi connectivity index (χ2v) is 5.43. The van der Waals surface area contributed by atoms with Gasteiger partial charge in [0.25, 0.3) is 5.91 Å². The number of carbonyl (C=O) groups excluding carboxylic acids is 1. The number of anilines is 1. The Morgan fingerprint density at radius 2 is 2.11 bits per heavy atom. The van der Waals surface area contributed by atoms with Crippen molar-refractivity contribution in [2.24, 2.45) is 11.1 Å². The summed E-state index contributed by atoms with van der Waals surface area (Å²) in [7, 11) is 0. The third kappa shape index (κ3) is 1.75. The van der Waals surface area contributed by atoms with Crippen LogP contribution in [0.15, 0.2) is 18.3 Å². The number of carbonyl (C=O) groups is 1. The van der Waals surface area contributed by atoms with Crippen molar-refractivity contribution in [2.45, 2.75) is 6.92 Å². The smallest absolute Gasteiger partial charge is 0.267 e. The van der Waals surface area contributed by atoms with E-state index in [2.05, 4.69) is 21.7 Å². The molecule has 18 heavy (non-hydrogen) atoms. The molecule has 2 N–H and O–H groups in total. The molecule has 96 valence electrons. The first-order valence-electron chi connectivity index (χ1n) is 6.35. The van der Waals surface area contributed by atoms with Gasteiger partial charge in [0.05, 0.1) is 11.9 Å². The van der Waals surface area contributed by atoms with E-state index < -0.39 is 5.91 Å². The fraction of sp³-hybridized carbons (Fsp3) is 0.538. The van der Waals surface area contributed by atoms with Gasteiger partial charge in [0.1, 0.15) is 5.69 Å². The van der Waals surface area contributed by atoms with Gasteiger partial charge in [0.2, 0.25) is 0 Å². The Kier molecular flexibility index (Phi) is 2.52. The molecule has 1 aromatic heterocycles. The van der Waals surface area contributed by atoms with Crippen LogP contribution in [0.5, 0.6) is 0 Å². The van der Waals surface area contributed by atoms with E-state index in [-0.39, 0.29) is 0 Å². The van der Waals surface area contributed by atoms with E-state index in [0.717, 1.165) is 25.3 Å². The summed E-state index contributed by atoms with van der Waals surface area (Å²) in [5.74, 6) is -0.473. The van der Waals surface area contributed by atoms with E-state index in [1.807, 2.05) is 6.07 Å². The van der Waals surface area contributed by atoms with Crippen LogP contribution in [0.2, 0.25) is 0 Å². The topological polar surface area (TPSA) is 62.5 Å². The van der Waals surface area contributed by atoms with E-state index in [4.69, 9.17) is 5.73 Å². The first-order chi connectivity index (χ1) is 8.62. The lowest BCUT2D eigenvalue weighted by Crippen LogP contribution is -2.72. The monoisotopic (exact) mass is 246 g/mol. The molecule has 0 aromatic carbocycles. The van der Waals surface area contributed by atoms with Crippen LogP contribution in [0.4, 0.5) is 5.69 Å². The number of amides is 1. The molecule has 1 spiro atoms. The summed E-state index contributed by atoms with van der Waals surface area (Å²) in [6.07, 6.45) is 1.74. The van der Waals surface area contributed by atoms with Crippen molar-refractivity contribution in [2.75, 3.05) is 37.6 Å².